The van der Waals surface area contributed by atoms with Crippen LogP contribution in [0, 0.1) is 11.8 Å². The number of amides is 2. The summed E-state index contributed by atoms with van der Waals surface area (Å²) in [5.41, 5.74) is 2.03. The molecule has 4 rings (SSSR count). The molecule has 0 bridgehead atoms. The third-order valence-electron chi connectivity index (χ3n) is 5.84. The van der Waals surface area contributed by atoms with Crippen LogP contribution in [0.3, 0.4) is 0 Å². The Morgan fingerprint density at radius 3 is 1.70 bits per heavy atom. The topological polar surface area (TPSA) is 40.6 Å². The largest absolute Gasteiger partial charge is 0.339 e. The minimum absolute atomic E-state index is 0.124. The molecule has 4 nitrogen and oxygen atoms in total. The summed E-state index contributed by atoms with van der Waals surface area (Å²) in [6.07, 6.45) is 1.02. The van der Waals surface area contributed by atoms with Gasteiger partial charge in [-0.25, -0.2) is 0 Å². The molecule has 2 aliphatic rings. The SMILES string of the molecule is CC1CC1C(=O)N1CCN(C(=O)C(c2ccccc2)c2ccccc2)CC1. The molecule has 0 radical (unpaired) electrons. The summed E-state index contributed by atoms with van der Waals surface area (Å²) in [7, 11) is 0. The fourth-order valence-corrected chi connectivity index (χ4v) is 4.00. The smallest absolute Gasteiger partial charge is 0.234 e. The number of nitrogens with zero attached hydrogens (tertiary/aromatic N) is 2. The minimum atomic E-state index is -0.293. The van der Waals surface area contributed by atoms with Crippen molar-refractivity contribution in [3.8, 4) is 0 Å². The summed E-state index contributed by atoms with van der Waals surface area (Å²) in [5, 5.41) is 0. The lowest BCUT2D eigenvalue weighted by Gasteiger charge is -2.37. The van der Waals surface area contributed by atoms with E-state index in [4.69, 9.17) is 0 Å². The van der Waals surface area contributed by atoms with E-state index in [1.54, 1.807) is 0 Å². The number of rotatable bonds is 4. The molecule has 140 valence electrons. The van der Waals surface area contributed by atoms with E-state index in [1.165, 1.54) is 0 Å². The van der Waals surface area contributed by atoms with Crippen LogP contribution in [-0.4, -0.2) is 47.8 Å². The number of piperazine rings is 1. The number of carbonyl (C=O) groups excluding carboxylic acids is 2. The van der Waals surface area contributed by atoms with E-state index in [2.05, 4.69) is 6.92 Å². The Hall–Kier alpha value is -2.62. The molecule has 2 unspecified atom stereocenters. The Labute approximate surface area is 160 Å². The molecular formula is C23H26N2O2. The van der Waals surface area contributed by atoms with Gasteiger partial charge in [-0.3, -0.25) is 9.59 Å². The lowest BCUT2D eigenvalue weighted by atomic mass is 9.90. The maximum Gasteiger partial charge on any atom is 0.234 e. The van der Waals surface area contributed by atoms with Gasteiger partial charge in [0.2, 0.25) is 11.8 Å². The van der Waals surface area contributed by atoms with Gasteiger partial charge in [-0.15, -0.1) is 0 Å². The van der Waals surface area contributed by atoms with Crippen LogP contribution in [0.25, 0.3) is 0 Å². The molecular weight excluding hydrogens is 336 g/mol. The number of carbonyl (C=O) groups is 2. The number of hydrogen-bond acceptors (Lipinski definition) is 2. The molecule has 2 atom stereocenters. The fourth-order valence-electron chi connectivity index (χ4n) is 4.00. The molecule has 2 amide bonds. The van der Waals surface area contributed by atoms with Gasteiger partial charge in [-0.05, 0) is 23.5 Å². The van der Waals surface area contributed by atoms with Gasteiger partial charge in [0.25, 0.3) is 0 Å². The highest BCUT2D eigenvalue weighted by Crippen LogP contribution is 2.39. The molecule has 0 N–H and O–H groups in total. The highest BCUT2D eigenvalue weighted by molar-refractivity contribution is 5.88. The van der Waals surface area contributed by atoms with Crippen molar-refractivity contribution in [1.29, 1.82) is 0 Å². The second-order valence-electron chi connectivity index (χ2n) is 7.72. The Morgan fingerprint density at radius 1 is 0.815 bits per heavy atom. The summed E-state index contributed by atoms with van der Waals surface area (Å²) in [5.74, 6) is 0.848. The third-order valence-corrected chi connectivity index (χ3v) is 5.84. The Kier molecular flexibility index (Phi) is 4.97. The van der Waals surface area contributed by atoms with E-state index in [1.807, 2.05) is 70.5 Å². The normalized spacial score (nSPS) is 22.0. The van der Waals surface area contributed by atoms with E-state index in [-0.39, 0.29) is 23.7 Å². The number of benzene rings is 2. The van der Waals surface area contributed by atoms with Gasteiger partial charge in [-0.2, -0.15) is 0 Å². The summed E-state index contributed by atoms with van der Waals surface area (Å²) < 4.78 is 0. The number of hydrogen-bond donors (Lipinski definition) is 0. The van der Waals surface area contributed by atoms with Crippen molar-refractivity contribution in [2.75, 3.05) is 26.2 Å². The molecule has 1 saturated heterocycles. The quantitative estimate of drug-likeness (QED) is 0.838. The van der Waals surface area contributed by atoms with Gasteiger partial charge in [0.05, 0.1) is 5.92 Å². The van der Waals surface area contributed by atoms with Crippen LogP contribution in [0.1, 0.15) is 30.4 Å². The maximum atomic E-state index is 13.4. The summed E-state index contributed by atoms with van der Waals surface area (Å²) >= 11 is 0. The van der Waals surface area contributed by atoms with Crippen LogP contribution in [0.2, 0.25) is 0 Å². The molecule has 1 saturated carbocycles. The predicted octanol–water partition coefficient (Wildman–Crippen LogP) is 3.15. The molecule has 4 heteroatoms. The molecule has 2 aromatic carbocycles. The average molecular weight is 362 g/mol. The lowest BCUT2D eigenvalue weighted by Crippen LogP contribution is -2.52. The first kappa shape index (κ1) is 17.8. The van der Waals surface area contributed by atoms with Crippen molar-refractivity contribution in [3.05, 3.63) is 71.8 Å². The predicted molar refractivity (Wildman–Crippen MR) is 105 cm³/mol. The molecule has 0 spiro atoms. The van der Waals surface area contributed by atoms with Crippen molar-refractivity contribution in [2.24, 2.45) is 11.8 Å². The second kappa shape index (κ2) is 7.55. The molecule has 0 aromatic heterocycles. The van der Waals surface area contributed by atoms with Crippen molar-refractivity contribution in [1.82, 2.24) is 9.80 Å². The van der Waals surface area contributed by atoms with E-state index in [0.717, 1.165) is 17.5 Å². The minimum Gasteiger partial charge on any atom is -0.339 e. The lowest BCUT2D eigenvalue weighted by molar-refractivity contribution is -0.140. The molecule has 1 aliphatic carbocycles. The maximum absolute atomic E-state index is 13.4. The monoisotopic (exact) mass is 362 g/mol. The second-order valence-corrected chi connectivity index (χ2v) is 7.72. The van der Waals surface area contributed by atoms with Crippen LogP contribution in [0.5, 0.6) is 0 Å². The standard InChI is InChI=1S/C23H26N2O2/c1-17-16-20(17)22(26)24-12-14-25(15-13-24)23(27)21(18-8-4-2-5-9-18)19-10-6-3-7-11-19/h2-11,17,20-21H,12-16H2,1H3. The van der Waals surface area contributed by atoms with E-state index < -0.39 is 0 Å². The van der Waals surface area contributed by atoms with Crippen molar-refractivity contribution in [3.63, 3.8) is 0 Å². The zero-order valence-corrected chi connectivity index (χ0v) is 15.8. The summed E-state index contributed by atoms with van der Waals surface area (Å²) in [4.78, 5) is 29.7. The molecule has 2 fully saturated rings. The van der Waals surface area contributed by atoms with E-state index >= 15 is 0 Å². The van der Waals surface area contributed by atoms with Gasteiger partial charge >= 0.3 is 0 Å². The van der Waals surface area contributed by atoms with Crippen LogP contribution < -0.4 is 0 Å². The zero-order valence-electron chi connectivity index (χ0n) is 15.8. The Bertz CT molecular complexity index is 758. The molecule has 2 aromatic rings. The Balaban J connectivity index is 1.49. The first-order chi connectivity index (χ1) is 13.1. The van der Waals surface area contributed by atoms with Gasteiger partial charge in [0, 0.05) is 32.1 Å². The van der Waals surface area contributed by atoms with Crippen LogP contribution in [0.4, 0.5) is 0 Å². The Morgan fingerprint density at radius 2 is 1.26 bits per heavy atom. The summed E-state index contributed by atoms with van der Waals surface area (Å²) in [6, 6.07) is 19.9. The first-order valence-corrected chi connectivity index (χ1v) is 9.82. The summed E-state index contributed by atoms with van der Waals surface area (Å²) in [6.45, 7) is 4.64. The first-order valence-electron chi connectivity index (χ1n) is 9.82. The highest BCUT2D eigenvalue weighted by atomic mass is 16.2. The van der Waals surface area contributed by atoms with Gasteiger partial charge in [-0.1, -0.05) is 67.6 Å². The molecule has 1 aliphatic heterocycles. The van der Waals surface area contributed by atoms with Crippen LogP contribution >= 0.6 is 0 Å². The highest BCUT2D eigenvalue weighted by Gasteiger charge is 2.42. The zero-order chi connectivity index (χ0) is 18.8. The molecule has 1 heterocycles. The molecule has 27 heavy (non-hydrogen) atoms. The van der Waals surface area contributed by atoms with Gasteiger partial charge < -0.3 is 9.80 Å². The van der Waals surface area contributed by atoms with Crippen molar-refractivity contribution in [2.45, 2.75) is 19.3 Å². The van der Waals surface area contributed by atoms with Crippen molar-refractivity contribution >= 4 is 11.8 Å². The van der Waals surface area contributed by atoms with Crippen LogP contribution in [-0.2, 0) is 9.59 Å². The van der Waals surface area contributed by atoms with Crippen LogP contribution in [0.15, 0.2) is 60.7 Å². The van der Waals surface area contributed by atoms with Gasteiger partial charge in [0.1, 0.15) is 0 Å². The van der Waals surface area contributed by atoms with Crippen molar-refractivity contribution < 1.29 is 9.59 Å². The van der Waals surface area contributed by atoms with Gasteiger partial charge in [0.15, 0.2) is 0 Å². The van der Waals surface area contributed by atoms with E-state index in [0.29, 0.717) is 32.1 Å². The fraction of sp³-hybridized carbons (Fsp3) is 0.391. The third kappa shape index (κ3) is 3.75. The average Bonchev–Trinajstić information content (AvgIpc) is 3.46. The van der Waals surface area contributed by atoms with E-state index in [9.17, 15) is 9.59 Å².